The fraction of sp³-hybridized carbons (Fsp3) is 0.200. The van der Waals surface area contributed by atoms with Crippen LogP contribution in [0.15, 0.2) is 55.5 Å². The molecule has 7 nitrogen and oxygen atoms in total. The first kappa shape index (κ1) is 21.1. The highest BCUT2D eigenvalue weighted by atomic mass is 32.1. The molecular weight excluding hydrogens is 434 g/mol. The molecule has 5 rings (SSSR count). The third-order valence-corrected chi connectivity index (χ3v) is 7.11. The molecule has 0 fully saturated rings. The number of hydrogen-bond donors (Lipinski definition) is 1. The summed E-state index contributed by atoms with van der Waals surface area (Å²) in [7, 11) is 0. The molecule has 1 atom stereocenters. The van der Waals surface area contributed by atoms with E-state index in [9.17, 15) is 4.79 Å². The largest absolute Gasteiger partial charge is 0.455 e. The van der Waals surface area contributed by atoms with Crippen LogP contribution in [0.2, 0.25) is 0 Å². The lowest BCUT2D eigenvalue weighted by molar-refractivity contribution is -0.127. The summed E-state index contributed by atoms with van der Waals surface area (Å²) in [4.78, 5) is 29.4. The number of carbonyl (C=O) groups excluding carboxylic acids is 1. The molecular formula is C25H23N5O2S. The smallest absolute Gasteiger partial charge is 0.246 e. The van der Waals surface area contributed by atoms with E-state index in [-0.39, 0.29) is 11.9 Å². The minimum absolute atomic E-state index is 0.00695. The van der Waals surface area contributed by atoms with Crippen LogP contribution in [-0.4, -0.2) is 25.8 Å². The van der Waals surface area contributed by atoms with Gasteiger partial charge in [-0.2, -0.15) is 0 Å². The van der Waals surface area contributed by atoms with E-state index in [0.29, 0.717) is 12.3 Å². The molecule has 4 heterocycles. The van der Waals surface area contributed by atoms with Crippen molar-refractivity contribution in [3.8, 4) is 11.5 Å². The number of aromatic nitrogens is 3. The molecule has 1 aliphatic rings. The first-order chi connectivity index (χ1) is 15.9. The molecule has 0 aliphatic carbocycles. The summed E-state index contributed by atoms with van der Waals surface area (Å²) in [6, 6.07) is 9.73. The van der Waals surface area contributed by atoms with E-state index in [0.717, 1.165) is 49.2 Å². The highest BCUT2D eigenvalue weighted by molar-refractivity contribution is 7.19. The number of aryl methyl sites for hydroxylation is 2. The Morgan fingerprint density at radius 1 is 1.24 bits per heavy atom. The zero-order valence-corrected chi connectivity index (χ0v) is 19.4. The predicted molar refractivity (Wildman–Crippen MR) is 130 cm³/mol. The molecule has 0 saturated heterocycles. The van der Waals surface area contributed by atoms with Gasteiger partial charge >= 0.3 is 0 Å². The van der Waals surface area contributed by atoms with Crippen molar-refractivity contribution in [2.24, 2.45) is 0 Å². The van der Waals surface area contributed by atoms with Gasteiger partial charge in [-0.1, -0.05) is 6.58 Å². The van der Waals surface area contributed by atoms with Gasteiger partial charge in [-0.25, -0.2) is 9.97 Å². The number of benzene rings is 1. The Balaban J connectivity index is 1.44. The molecule has 33 heavy (non-hydrogen) atoms. The predicted octanol–water partition coefficient (Wildman–Crippen LogP) is 5.83. The zero-order valence-electron chi connectivity index (χ0n) is 18.6. The van der Waals surface area contributed by atoms with Crippen molar-refractivity contribution < 1.29 is 9.53 Å². The average molecular weight is 458 g/mol. The number of pyridine rings is 1. The number of thiophene rings is 1. The van der Waals surface area contributed by atoms with Crippen LogP contribution in [0.25, 0.3) is 10.2 Å². The van der Waals surface area contributed by atoms with E-state index in [1.807, 2.05) is 56.0 Å². The minimum atomic E-state index is -0.0691. The normalized spacial score (nSPS) is 14.9. The summed E-state index contributed by atoms with van der Waals surface area (Å²) in [5, 5.41) is 4.40. The summed E-state index contributed by atoms with van der Waals surface area (Å²) >= 11 is 1.61. The second kappa shape index (κ2) is 8.29. The Hall–Kier alpha value is -3.78. The Morgan fingerprint density at radius 2 is 2.09 bits per heavy atom. The van der Waals surface area contributed by atoms with E-state index < -0.39 is 0 Å². The van der Waals surface area contributed by atoms with Crippen LogP contribution in [0.1, 0.15) is 34.7 Å². The molecule has 0 saturated carbocycles. The molecule has 0 unspecified atom stereocenters. The van der Waals surface area contributed by atoms with Crippen molar-refractivity contribution >= 4 is 39.0 Å². The Kier molecular flexibility index (Phi) is 5.30. The molecule has 8 heteroatoms. The maximum Gasteiger partial charge on any atom is 0.246 e. The zero-order chi connectivity index (χ0) is 23.1. The van der Waals surface area contributed by atoms with Crippen LogP contribution in [0, 0.1) is 13.8 Å². The lowest BCUT2D eigenvalue weighted by Crippen LogP contribution is -2.26. The molecule has 166 valence electrons. The standard InChI is InChI=1S/C25H23N5O2S/c1-5-21(31)30-12-19-22-24(27-13-28-25(22)33-23(19)16(30)4)29-17-7-9-20(14(2)10-17)32-18-8-6-15(3)26-11-18/h5-11,13,16H,1,12H2,2-4H3,(H,27,28,29)/t16-/m0/s1. The topological polar surface area (TPSA) is 80.2 Å². The number of anilines is 2. The van der Waals surface area contributed by atoms with Gasteiger partial charge in [0.1, 0.15) is 28.5 Å². The van der Waals surface area contributed by atoms with Crippen molar-refractivity contribution in [1.29, 1.82) is 0 Å². The lowest BCUT2D eigenvalue weighted by atomic mass is 10.1. The molecule has 3 aromatic heterocycles. The number of fused-ring (bicyclic) bond motifs is 3. The molecule has 0 bridgehead atoms. The number of carbonyl (C=O) groups is 1. The Morgan fingerprint density at radius 3 is 2.82 bits per heavy atom. The maximum atomic E-state index is 12.3. The van der Waals surface area contributed by atoms with Gasteiger partial charge in [0.2, 0.25) is 5.91 Å². The van der Waals surface area contributed by atoms with Crippen molar-refractivity contribution in [2.45, 2.75) is 33.4 Å². The van der Waals surface area contributed by atoms with Crippen molar-refractivity contribution in [3.63, 3.8) is 0 Å². The van der Waals surface area contributed by atoms with E-state index in [1.165, 1.54) is 6.08 Å². The van der Waals surface area contributed by atoms with Crippen LogP contribution in [0.5, 0.6) is 11.5 Å². The van der Waals surface area contributed by atoms with E-state index in [2.05, 4.69) is 26.8 Å². The second-order valence-electron chi connectivity index (χ2n) is 8.04. The van der Waals surface area contributed by atoms with Crippen LogP contribution < -0.4 is 10.1 Å². The molecule has 1 aromatic carbocycles. The van der Waals surface area contributed by atoms with E-state index in [4.69, 9.17) is 4.74 Å². The molecule has 0 spiro atoms. The second-order valence-corrected chi connectivity index (χ2v) is 9.07. The van der Waals surface area contributed by atoms with Gasteiger partial charge in [0, 0.05) is 28.4 Å². The van der Waals surface area contributed by atoms with Crippen LogP contribution in [-0.2, 0) is 11.3 Å². The van der Waals surface area contributed by atoms with Gasteiger partial charge in [0.25, 0.3) is 0 Å². The SMILES string of the molecule is C=CC(=O)N1Cc2c(sc3ncnc(Nc4ccc(Oc5ccc(C)nc5)c(C)c4)c23)[C@@H]1C. The van der Waals surface area contributed by atoms with Crippen LogP contribution in [0.3, 0.4) is 0 Å². The Labute approximate surface area is 195 Å². The van der Waals surface area contributed by atoms with Gasteiger partial charge in [0.05, 0.1) is 17.6 Å². The fourth-order valence-electron chi connectivity index (χ4n) is 4.05. The first-order valence-electron chi connectivity index (χ1n) is 10.6. The quantitative estimate of drug-likeness (QED) is 0.380. The molecule has 1 amide bonds. The van der Waals surface area contributed by atoms with Gasteiger partial charge < -0.3 is 15.0 Å². The summed E-state index contributed by atoms with van der Waals surface area (Å²) < 4.78 is 5.98. The first-order valence-corrected chi connectivity index (χ1v) is 11.4. The van der Waals surface area contributed by atoms with Gasteiger partial charge in [0.15, 0.2) is 0 Å². The summed E-state index contributed by atoms with van der Waals surface area (Å²) in [5.74, 6) is 2.13. The maximum absolute atomic E-state index is 12.3. The van der Waals surface area contributed by atoms with Crippen molar-refractivity contribution in [3.05, 3.63) is 77.2 Å². The van der Waals surface area contributed by atoms with Crippen LogP contribution in [0.4, 0.5) is 11.5 Å². The molecule has 4 aromatic rings. The van der Waals surface area contributed by atoms with Crippen LogP contribution >= 0.6 is 11.3 Å². The summed E-state index contributed by atoms with van der Waals surface area (Å²) in [5.41, 5.74) is 3.93. The molecule has 1 aliphatic heterocycles. The summed E-state index contributed by atoms with van der Waals surface area (Å²) in [6.45, 7) is 10.1. The lowest BCUT2D eigenvalue weighted by Gasteiger charge is -2.20. The highest BCUT2D eigenvalue weighted by Gasteiger charge is 2.34. The van der Waals surface area contributed by atoms with E-state index in [1.54, 1.807) is 23.9 Å². The van der Waals surface area contributed by atoms with Gasteiger partial charge in [-0.15, -0.1) is 11.3 Å². The number of nitrogens with zero attached hydrogens (tertiary/aromatic N) is 4. The number of rotatable bonds is 5. The fourth-order valence-corrected chi connectivity index (χ4v) is 5.27. The third-order valence-electron chi connectivity index (χ3n) is 5.80. The highest BCUT2D eigenvalue weighted by Crippen LogP contribution is 2.45. The summed E-state index contributed by atoms with van der Waals surface area (Å²) in [6.07, 6.45) is 4.66. The average Bonchev–Trinajstić information content (AvgIpc) is 3.33. The van der Waals surface area contributed by atoms with Gasteiger partial charge in [-0.3, -0.25) is 9.78 Å². The number of nitrogens with one attached hydrogen (secondary N) is 1. The number of amides is 1. The monoisotopic (exact) mass is 457 g/mol. The molecule has 1 N–H and O–H groups in total. The van der Waals surface area contributed by atoms with Gasteiger partial charge in [-0.05, 0) is 62.7 Å². The third kappa shape index (κ3) is 3.82. The molecule has 0 radical (unpaired) electrons. The minimum Gasteiger partial charge on any atom is -0.455 e. The van der Waals surface area contributed by atoms with Crippen molar-refractivity contribution in [1.82, 2.24) is 19.9 Å². The number of ether oxygens (including phenoxy) is 1. The number of hydrogen-bond acceptors (Lipinski definition) is 7. The van der Waals surface area contributed by atoms with Crippen molar-refractivity contribution in [2.75, 3.05) is 5.32 Å². The van der Waals surface area contributed by atoms with E-state index >= 15 is 0 Å². The Bertz CT molecular complexity index is 1380.